The normalized spacial score (nSPS) is 19.9. The van der Waals surface area contributed by atoms with E-state index in [0.717, 1.165) is 82.5 Å². The fourth-order valence-corrected chi connectivity index (χ4v) is 4.98. The predicted molar refractivity (Wildman–Crippen MR) is 120 cm³/mol. The van der Waals surface area contributed by atoms with E-state index < -0.39 is 21.8 Å². The van der Waals surface area contributed by atoms with Crippen molar-refractivity contribution in [3.05, 3.63) is 29.8 Å². The topological polar surface area (TPSA) is 67.4 Å². The maximum Gasteiger partial charge on any atom is 0.416 e. The molecule has 5 nitrogen and oxygen atoms in total. The van der Waals surface area contributed by atoms with Crippen molar-refractivity contribution in [1.82, 2.24) is 10.0 Å². The van der Waals surface area contributed by atoms with Crippen LogP contribution in [0.5, 0.6) is 0 Å². The van der Waals surface area contributed by atoms with E-state index in [1.165, 1.54) is 19.3 Å². The van der Waals surface area contributed by atoms with Crippen LogP contribution in [0.25, 0.3) is 0 Å². The maximum absolute atomic E-state index is 12.6. The molecule has 1 saturated carbocycles. The second-order valence-corrected chi connectivity index (χ2v) is 10.3. The van der Waals surface area contributed by atoms with Crippen molar-refractivity contribution in [3.63, 3.8) is 0 Å². The van der Waals surface area contributed by atoms with Crippen LogP contribution in [0.3, 0.4) is 0 Å². The fourth-order valence-electron chi connectivity index (χ4n) is 3.86. The van der Waals surface area contributed by atoms with Crippen molar-refractivity contribution >= 4 is 10.0 Å². The standard InChI is InChI=1S/C23H37F3N2O3S/c1-2-3-4-15-27-16-5-6-17-31-21-11-7-19(8-12-21)18-28-32(29,30)22-13-9-20(10-14-22)23(24,25)26/h9-10,13-14,19,21,27-28H,2-8,11-12,15-18H2,1H3. The van der Waals surface area contributed by atoms with E-state index in [9.17, 15) is 21.6 Å². The van der Waals surface area contributed by atoms with Gasteiger partial charge in [-0.1, -0.05) is 19.8 Å². The van der Waals surface area contributed by atoms with Gasteiger partial charge in [0, 0.05) is 13.2 Å². The van der Waals surface area contributed by atoms with E-state index in [-0.39, 0.29) is 16.9 Å². The fraction of sp³-hybridized carbons (Fsp3) is 0.739. The SMILES string of the molecule is CCCCCNCCCCOC1CCC(CNS(=O)(=O)c2ccc(C(F)(F)F)cc2)CC1. The molecule has 0 saturated heterocycles. The summed E-state index contributed by atoms with van der Waals surface area (Å²) in [5.41, 5.74) is -0.863. The number of alkyl halides is 3. The van der Waals surface area contributed by atoms with E-state index in [1.54, 1.807) is 0 Å². The zero-order chi connectivity index (χ0) is 23.5. The third kappa shape index (κ3) is 9.77. The maximum atomic E-state index is 12.6. The van der Waals surface area contributed by atoms with Gasteiger partial charge in [0.2, 0.25) is 10.0 Å². The minimum absolute atomic E-state index is 0.151. The van der Waals surface area contributed by atoms with Gasteiger partial charge >= 0.3 is 6.18 Å². The second-order valence-electron chi connectivity index (χ2n) is 8.55. The Kier molecular flexibility index (Phi) is 11.4. The molecule has 0 atom stereocenters. The Balaban J connectivity index is 1.60. The highest BCUT2D eigenvalue weighted by molar-refractivity contribution is 7.89. The number of hydrogen-bond donors (Lipinski definition) is 2. The van der Waals surface area contributed by atoms with Crippen molar-refractivity contribution < 1.29 is 26.3 Å². The molecule has 9 heteroatoms. The van der Waals surface area contributed by atoms with Crippen LogP contribution in [-0.4, -0.2) is 40.8 Å². The summed E-state index contributed by atoms with van der Waals surface area (Å²) in [7, 11) is -3.82. The molecular formula is C23H37F3N2O3S. The second kappa shape index (κ2) is 13.5. The number of unbranched alkanes of at least 4 members (excludes halogenated alkanes) is 3. The monoisotopic (exact) mass is 478 g/mol. The number of benzene rings is 1. The Morgan fingerprint density at radius 3 is 2.19 bits per heavy atom. The van der Waals surface area contributed by atoms with Gasteiger partial charge in [-0.2, -0.15) is 13.2 Å². The van der Waals surface area contributed by atoms with Crippen molar-refractivity contribution in [2.24, 2.45) is 5.92 Å². The van der Waals surface area contributed by atoms with Crippen molar-refractivity contribution in [1.29, 1.82) is 0 Å². The van der Waals surface area contributed by atoms with E-state index in [4.69, 9.17) is 4.74 Å². The lowest BCUT2D eigenvalue weighted by atomic mass is 9.87. The van der Waals surface area contributed by atoms with E-state index >= 15 is 0 Å². The summed E-state index contributed by atoms with van der Waals surface area (Å²) in [5, 5.41) is 3.45. The van der Waals surface area contributed by atoms with Crippen LogP contribution < -0.4 is 10.0 Å². The van der Waals surface area contributed by atoms with E-state index in [2.05, 4.69) is 17.0 Å². The molecule has 0 radical (unpaired) electrons. The first-order valence-corrected chi connectivity index (χ1v) is 13.2. The number of rotatable bonds is 14. The van der Waals surface area contributed by atoms with Crippen LogP contribution in [0.2, 0.25) is 0 Å². The summed E-state index contributed by atoms with van der Waals surface area (Å²) in [6.45, 7) is 5.36. The lowest BCUT2D eigenvalue weighted by molar-refractivity contribution is -0.137. The van der Waals surface area contributed by atoms with Gasteiger partial charge in [-0.25, -0.2) is 13.1 Å². The molecule has 32 heavy (non-hydrogen) atoms. The molecule has 1 aliphatic carbocycles. The largest absolute Gasteiger partial charge is 0.416 e. The molecule has 0 unspecified atom stereocenters. The highest BCUT2D eigenvalue weighted by atomic mass is 32.2. The zero-order valence-electron chi connectivity index (χ0n) is 18.9. The van der Waals surface area contributed by atoms with Crippen LogP contribution in [0, 0.1) is 5.92 Å². The van der Waals surface area contributed by atoms with Crippen molar-refractivity contribution in [2.45, 2.75) is 81.9 Å². The smallest absolute Gasteiger partial charge is 0.378 e. The molecule has 2 rings (SSSR count). The highest BCUT2D eigenvalue weighted by Gasteiger charge is 2.31. The molecule has 0 amide bonds. The summed E-state index contributed by atoms with van der Waals surface area (Å²) in [4.78, 5) is -0.151. The minimum Gasteiger partial charge on any atom is -0.378 e. The number of ether oxygens (including phenoxy) is 1. The molecule has 184 valence electrons. The lowest BCUT2D eigenvalue weighted by Crippen LogP contribution is -2.32. The number of halogens is 3. The van der Waals surface area contributed by atoms with Crippen LogP contribution in [0.4, 0.5) is 13.2 Å². The molecule has 1 aliphatic rings. The van der Waals surface area contributed by atoms with Crippen molar-refractivity contribution in [3.8, 4) is 0 Å². The summed E-state index contributed by atoms with van der Waals surface area (Å²) in [5.74, 6) is 0.214. The third-order valence-corrected chi connectivity index (χ3v) is 7.35. The molecule has 0 aromatic heterocycles. The molecular weight excluding hydrogens is 441 g/mol. The van der Waals surface area contributed by atoms with Gasteiger partial charge < -0.3 is 10.1 Å². The first-order valence-electron chi connectivity index (χ1n) is 11.7. The number of sulfonamides is 1. The molecule has 0 spiro atoms. The lowest BCUT2D eigenvalue weighted by Gasteiger charge is -2.28. The van der Waals surface area contributed by atoms with Crippen LogP contribution in [-0.2, 0) is 20.9 Å². The molecule has 0 aliphatic heterocycles. The Labute approximate surface area is 190 Å². The molecule has 2 N–H and O–H groups in total. The first kappa shape index (κ1) is 27.1. The van der Waals surface area contributed by atoms with E-state index in [0.29, 0.717) is 6.54 Å². The highest BCUT2D eigenvalue weighted by Crippen LogP contribution is 2.30. The van der Waals surface area contributed by atoms with Crippen LogP contribution in [0.1, 0.15) is 70.3 Å². The van der Waals surface area contributed by atoms with E-state index in [1.807, 2.05) is 0 Å². The number of hydrogen-bond acceptors (Lipinski definition) is 4. The van der Waals surface area contributed by atoms with Crippen LogP contribution in [0.15, 0.2) is 29.2 Å². The van der Waals surface area contributed by atoms with Gasteiger partial charge in [-0.3, -0.25) is 0 Å². The van der Waals surface area contributed by atoms with Gasteiger partial charge in [0.05, 0.1) is 16.6 Å². The van der Waals surface area contributed by atoms with Crippen LogP contribution >= 0.6 is 0 Å². The third-order valence-electron chi connectivity index (χ3n) is 5.91. The Hall–Kier alpha value is -1.16. The van der Waals surface area contributed by atoms with Gasteiger partial charge in [0.1, 0.15) is 0 Å². The predicted octanol–water partition coefficient (Wildman–Crippen LogP) is 5.12. The molecule has 0 bridgehead atoms. The summed E-state index contributed by atoms with van der Waals surface area (Å²) in [6.07, 6.45) is 5.19. The Morgan fingerprint density at radius 2 is 1.59 bits per heavy atom. The average Bonchev–Trinajstić information content (AvgIpc) is 2.77. The van der Waals surface area contributed by atoms with Gasteiger partial charge in [0.25, 0.3) is 0 Å². The summed E-state index contributed by atoms with van der Waals surface area (Å²) < 4.78 is 71.2. The summed E-state index contributed by atoms with van der Waals surface area (Å²) >= 11 is 0. The van der Waals surface area contributed by atoms with Gasteiger partial charge in [0.15, 0.2) is 0 Å². The molecule has 1 fully saturated rings. The average molecular weight is 479 g/mol. The Bertz CT molecular complexity index is 747. The van der Waals surface area contributed by atoms with Gasteiger partial charge in [-0.15, -0.1) is 0 Å². The summed E-state index contributed by atoms with van der Waals surface area (Å²) in [6, 6.07) is 3.58. The van der Waals surface area contributed by atoms with Gasteiger partial charge in [-0.05, 0) is 88.2 Å². The zero-order valence-corrected chi connectivity index (χ0v) is 19.7. The first-order chi connectivity index (χ1) is 15.2. The molecule has 1 aromatic carbocycles. The molecule has 1 aromatic rings. The minimum atomic E-state index is -4.48. The Morgan fingerprint density at radius 1 is 0.969 bits per heavy atom. The number of nitrogens with one attached hydrogen (secondary N) is 2. The quantitative estimate of drug-likeness (QED) is 0.364. The molecule has 0 heterocycles. The van der Waals surface area contributed by atoms with Crippen molar-refractivity contribution in [2.75, 3.05) is 26.2 Å².